The summed E-state index contributed by atoms with van der Waals surface area (Å²) in [5, 5.41) is 0. The molecule has 1 aromatic rings. The van der Waals surface area contributed by atoms with Crippen LogP contribution in [0.5, 0.6) is 5.75 Å². The fraction of sp³-hybridized carbons (Fsp3) is 0.529. The molecule has 2 N–H and O–H groups in total. The Kier molecular flexibility index (Phi) is 6.57. The van der Waals surface area contributed by atoms with Crippen LogP contribution in [0.15, 0.2) is 24.3 Å². The maximum Gasteiger partial charge on any atom is 0.119 e. The van der Waals surface area contributed by atoms with Gasteiger partial charge in [-0.3, -0.25) is 0 Å². The van der Waals surface area contributed by atoms with Gasteiger partial charge in [-0.05, 0) is 54.9 Å². The van der Waals surface area contributed by atoms with Gasteiger partial charge in [-0.25, -0.2) is 0 Å². The second-order valence-corrected chi connectivity index (χ2v) is 5.98. The summed E-state index contributed by atoms with van der Waals surface area (Å²) >= 11 is 0. The third-order valence-corrected chi connectivity index (χ3v) is 3.30. The van der Waals surface area contributed by atoms with Gasteiger partial charge in [0.25, 0.3) is 0 Å². The molecule has 0 unspecified atom stereocenters. The van der Waals surface area contributed by atoms with E-state index in [4.69, 9.17) is 10.5 Å². The summed E-state index contributed by atoms with van der Waals surface area (Å²) in [6.07, 6.45) is 7.18. The monoisotopic (exact) mass is 295 g/mol. The average molecular weight is 296 g/mol. The van der Waals surface area contributed by atoms with E-state index in [0.29, 0.717) is 5.92 Å². The Labute approximate surface area is 128 Å². The number of halogens is 1. The first-order valence-corrected chi connectivity index (χ1v) is 7.26. The Bertz CT molecular complexity index is 450. The summed E-state index contributed by atoms with van der Waals surface area (Å²) in [7, 11) is 0. The number of hydrogen-bond acceptors (Lipinski definition) is 2. The lowest BCUT2D eigenvalue weighted by molar-refractivity contribution is 0.270. The van der Waals surface area contributed by atoms with Crippen molar-refractivity contribution in [2.75, 3.05) is 6.61 Å². The van der Waals surface area contributed by atoms with E-state index < -0.39 is 0 Å². The number of nitrogens with two attached hydrogens (primary N) is 1. The minimum Gasteiger partial charge on any atom is -0.493 e. The highest BCUT2D eigenvalue weighted by atomic mass is 35.5. The van der Waals surface area contributed by atoms with E-state index in [2.05, 4.69) is 38.1 Å². The molecule has 2 nitrogen and oxygen atoms in total. The van der Waals surface area contributed by atoms with Crippen molar-refractivity contribution >= 4 is 18.5 Å². The van der Waals surface area contributed by atoms with Gasteiger partial charge in [-0.2, -0.15) is 0 Å². The number of ether oxygens (including phenoxy) is 1. The normalized spacial score (nSPS) is 16.2. The van der Waals surface area contributed by atoms with Gasteiger partial charge in [0.1, 0.15) is 5.75 Å². The van der Waals surface area contributed by atoms with E-state index >= 15 is 0 Å². The second-order valence-electron chi connectivity index (χ2n) is 5.98. The fourth-order valence-electron chi connectivity index (χ4n) is 1.98. The quantitative estimate of drug-likeness (QED) is 0.833. The van der Waals surface area contributed by atoms with Crippen molar-refractivity contribution in [2.24, 2.45) is 17.6 Å². The zero-order valence-electron chi connectivity index (χ0n) is 12.6. The van der Waals surface area contributed by atoms with Gasteiger partial charge in [0.05, 0.1) is 6.61 Å². The SMILES string of the molecule is CC(C)COc1ccc(/C=C/C2CC2)c([C@H](C)N)c1.Cl. The molecule has 0 aliphatic heterocycles. The maximum atomic E-state index is 6.07. The van der Waals surface area contributed by atoms with Gasteiger partial charge in [0.2, 0.25) is 0 Å². The first-order chi connectivity index (χ1) is 9.06. The first kappa shape index (κ1) is 17.1. The van der Waals surface area contributed by atoms with Crippen LogP contribution in [0.2, 0.25) is 0 Å². The molecule has 1 fully saturated rings. The molecule has 0 radical (unpaired) electrons. The van der Waals surface area contributed by atoms with Crippen LogP contribution < -0.4 is 10.5 Å². The lowest BCUT2D eigenvalue weighted by Crippen LogP contribution is -2.09. The largest absolute Gasteiger partial charge is 0.493 e. The predicted molar refractivity (Wildman–Crippen MR) is 88.4 cm³/mol. The molecular formula is C17H26ClNO. The summed E-state index contributed by atoms with van der Waals surface area (Å²) in [5.74, 6) is 2.25. The highest BCUT2D eigenvalue weighted by Gasteiger charge is 2.17. The zero-order valence-corrected chi connectivity index (χ0v) is 13.5. The molecule has 2 rings (SSSR count). The molecule has 1 aliphatic rings. The van der Waals surface area contributed by atoms with E-state index in [1.165, 1.54) is 18.4 Å². The molecule has 0 saturated heterocycles. The molecular weight excluding hydrogens is 270 g/mol. The lowest BCUT2D eigenvalue weighted by atomic mass is 10.0. The standard InChI is InChI=1S/C17H25NO.ClH/c1-12(2)11-19-16-9-8-15(7-6-14-4-5-14)17(10-16)13(3)18;/h6-10,12-14H,4-5,11,18H2,1-3H3;1H/b7-6+;/t13-;/m0./s1. The van der Waals surface area contributed by atoms with E-state index in [1.54, 1.807) is 0 Å². The Hall–Kier alpha value is -0.990. The number of hydrogen-bond donors (Lipinski definition) is 1. The topological polar surface area (TPSA) is 35.2 Å². The van der Waals surface area contributed by atoms with E-state index in [1.807, 2.05) is 13.0 Å². The predicted octanol–water partition coefficient (Wildman–Crippen LogP) is 4.59. The molecule has 0 aromatic heterocycles. The van der Waals surface area contributed by atoms with Crippen LogP contribution in [-0.2, 0) is 0 Å². The van der Waals surface area contributed by atoms with Gasteiger partial charge in [-0.15, -0.1) is 12.4 Å². The Balaban J connectivity index is 0.00000200. The lowest BCUT2D eigenvalue weighted by Gasteiger charge is -2.14. The summed E-state index contributed by atoms with van der Waals surface area (Å²) < 4.78 is 5.77. The van der Waals surface area contributed by atoms with Crippen LogP contribution >= 0.6 is 12.4 Å². The van der Waals surface area contributed by atoms with Gasteiger partial charge in [-0.1, -0.05) is 32.1 Å². The van der Waals surface area contributed by atoms with Crippen LogP contribution in [0.1, 0.15) is 50.8 Å². The van der Waals surface area contributed by atoms with Crippen LogP contribution in [-0.4, -0.2) is 6.61 Å². The molecule has 20 heavy (non-hydrogen) atoms. The first-order valence-electron chi connectivity index (χ1n) is 7.26. The Morgan fingerprint density at radius 1 is 1.30 bits per heavy atom. The third-order valence-electron chi connectivity index (χ3n) is 3.30. The summed E-state index contributed by atoms with van der Waals surface area (Å²) in [6, 6.07) is 6.27. The van der Waals surface area contributed by atoms with Gasteiger partial charge >= 0.3 is 0 Å². The van der Waals surface area contributed by atoms with Gasteiger partial charge < -0.3 is 10.5 Å². The number of allylic oxidation sites excluding steroid dienone is 1. The molecule has 0 heterocycles. The fourth-order valence-corrected chi connectivity index (χ4v) is 1.98. The van der Waals surface area contributed by atoms with Crippen LogP contribution in [0.4, 0.5) is 0 Å². The van der Waals surface area contributed by atoms with Crippen molar-refractivity contribution in [3.8, 4) is 5.75 Å². The van der Waals surface area contributed by atoms with Crippen LogP contribution in [0.3, 0.4) is 0 Å². The molecule has 0 spiro atoms. The maximum absolute atomic E-state index is 6.07. The highest BCUT2D eigenvalue weighted by Crippen LogP contribution is 2.32. The molecule has 0 bridgehead atoms. The zero-order chi connectivity index (χ0) is 13.8. The smallest absolute Gasteiger partial charge is 0.119 e. The summed E-state index contributed by atoms with van der Waals surface area (Å²) in [5.41, 5.74) is 8.46. The Morgan fingerprint density at radius 3 is 2.55 bits per heavy atom. The van der Waals surface area contributed by atoms with E-state index in [9.17, 15) is 0 Å². The van der Waals surface area contributed by atoms with Crippen molar-refractivity contribution < 1.29 is 4.74 Å². The molecule has 112 valence electrons. The minimum atomic E-state index is 0. The molecule has 1 saturated carbocycles. The van der Waals surface area contributed by atoms with Crippen molar-refractivity contribution in [3.05, 3.63) is 35.4 Å². The molecule has 1 aromatic carbocycles. The van der Waals surface area contributed by atoms with E-state index in [0.717, 1.165) is 23.8 Å². The molecule has 0 amide bonds. The molecule has 1 atom stereocenters. The average Bonchev–Trinajstić information content (AvgIpc) is 3.18. The summed E-state index contributed by atoms with van der Waals surface area (Å²) in [4.78, 5) is 0. The van der Waals surface area contributed by atoms with Crippen molar-refractivity contribution in [2.45, 2.75) is 39.7 Å². The highest BCUT2D eigenvalue weighted by molar-refractivity contribution is 5.85. The van der Waals surface area contributed by atoms with Crippen molar-refractivity contribution in [1.29, 1.82) is 0 Å². The number of rotatable bonds is 6. The van der Waals surface area contributed by atoms with E-state index in [-0.39, 0.29) is 18.4 Å². The van der Waals surface area contributed by atoms with Crippen LogP contribution in [0.25, 0.3) is 6.08 Å². The molecule has 3 heteroatoms. The van der Waals surface area contributed by atoms with Crippen LogP contribution in [0, 0.1) is 11.8 Å². The number of benzene rings is 1. The molecule has 1 aliphatic carbocycles. The second kappa shape index (κ2) is 7.70. The van der Waals surface area contributed by atoms with Crippen molar-refractivity contribution in [3.63, 3.8) is 0 Å². The van der Waals surface area contributed by atoms with Gasteiger partial charge in [0.15, 0.2) is 0 Å². The van der Waals surface area contributed by atoms with Gasteiger partial charge in [0, 0.05) is 6.04 Å². The summed E-state index contributed by atoms with van der Waals surface area (Å²) in [6.45, 7) is 7.07. The van der Waals surface area contributed by atoms with Crippen molar-refractivity contribution in [1.82, 2.24) is 0 Å². The Morgan fingerprint density at radius 2 is 2.00 bits per heavy atom. The third kappa shape index (κ3) is 5.18. The minimum absolute atomic E-state index is 0.